The number of likely N-dealkylation sites (tertiary alicyclic amines) is 1. The summed E-state index contributed by atoms with van der Waals surface area (Å²) in [6.45, 7) is 7.35. The lowest BCUT2D eigenvalue weighted by Crippen LogP contribution is -2.47. The van der Waals surface area contributed by atoms with Crippen molar-refractivity contribution in [2.45, 2.75) is 45.3 Å². The van der Waals surface area contributed by atoms with Crippen LogP contribution in [0.15, 0.2) is 0 Å². The summed E-state index contributed by atoms with van der Waals surface area (Å²) in [5.74, 6) is 0.0106. The Morgan fingerprint density at radius 3 is 2.62 bits per heavy atom. The van der Waals surface area contributed by atoms with E-state index in [4.69, 9.17) is 4.74 Å². The molecule has 1 rings (SSSR count). The monoisotopic (exact) mass is 228 g/mol. The molecule has 4 nitrogen and oxygen atoms in total. The number of carbonyl (C=O) groups excluding carboxylic acids is 1. The maximum atomic E-state index is 11.6. The molecule has 94 valence electrons. The van der Waals surface area contributed by atoms with Crippen LogP contribution in [0.1, 0.15) is 33.1 Å². The number of piperidine rings is 1. The third kappa shape index (κ3) is 4.10. The van der Waals surface area contributed by atoms with Gasteiger partial charge in [0.2, 0.25) is 5.91 Å². The molecule has 1 heterocycles. The highest BCUT2D eigenvalue weighted by Crippen LogP contribution is 2.10. The first kappa shape index (κ1) is 13.5. The Balaban J connectivity index is 2.24. The van der Waals surface area contributed by atoms with Crippen LogP contribution in [-0.4, -0.2) is 49.7 Å². The Labute approximate surface area is 98.3 Å². The van der Waals surface area contributed by atoms with Crippen molar-refractivity contribution in [3.63, 3.8) is 0 Å². The van der Waals surface area contributed by atoms with E-state index in [0.29, 0.717) is 6.04 Å². The number of nitrogens with one attached hydrogen (secondary N) is 1. The number of hydrogen-bond acceptors (Lipinski definition) is 3. The van der Waals surface area contributed by atoms with Crippen molar-refractivity contribution in [2.75, 3.05) is 26.7 Å². The Morgan fingerprint density at radius 1 is 1.50 bits per heavy atom. The van der Waals surface area contributed by atoms with Gasteiger partial charge in [-0.1, -0.05) is 6.92 Å². The van der Waals surface area contributed by atoms with Gasteiger partial charge in [0, 0.05) is 26.2 Å². The van der Waals surface area contributed by atoms with Gasteiger partial charge < -0.3 is 15.0 Å². The number of amides is 1. The Kier molecular flexibility index (Phi) is 5.77. The highest BCUT2D eigenvalue weighted by Gasteiger charge is 2.21. The zero-order valence-electron chi connectivity index (χ0n) is 10.7. The van der Waals surface area contributed by atoms with Crippen LogP contribution in [-0.2, 0) is 9.53 Å². The van der Waals surface area contributed by atoms with E-state index in [1.165, 1.54) is 13.0 Å². The van der Waals surface area contributed by atoms with Gasteiger partial charge in [-0.3, -0.25) is 4.79 Å². The topological polar surface area (TPSA) is 41.6 Å². The summed E-state index contributed by atoms with van der Waals surface area (Å²) in [6.07, 6.45) is 2.98. The van der Waals surface area contributed by atoms with Crippen LogP contribution in [0.5, 0.6) is 0 Å². The number of nitrogens with zero attached hydrogens (tertiary/aromatic N) is 1. The predicted octanol–water partition coefficient (Wildman–Crippen LogP) is 1.01. The second kappa shape index (κ2) is 6.86. The van der Waals surface area contributed by atoms with Gasteiger partial charge in [0.05, 0.1) is 0 Å². The molecule has 0 aromatic rings. The molecule has 1 aliphatic rings. The minimum atomic E-state index is -0.339. The SMILES string of the molecule is CCCN1CCC(NC(=O)C(C)OC)CC1. The first-order valence-corrected chi connectivity index (χ1v) is 6.23. The summed E-state index contributed by atoms with van der Waals surface area (Å²) in [7, 11) is 1.56. The van der Waals surface area contributed by atoms with Gasteiger partial charge in [-0.25, -0.2) is 0 Å². The van der Waals surface area contributed by atoms with Crippen molar-refractivity contribution in [1.82, 2.24) is 10.2 Å². The molecule has 0 spiro atoms. The van der Waals surface area contributed by atoms with Crippen molar-refractivity contribution in [3.8, 4) is 0 Å². The number of carbonyl (C=O) groups is 1. The fourth-order valence-electron chi connectivity index (χ4n) is 2.04. The highest BCUT2D eigenvalue weighted by molar-refractivity contribution is 5.80. The number of ether oxygens (including phenoxy) is 1. The molecule has 1 unspecified atom stereocenters. The van der Waals surface area contributed by atoms with E-state index in [0.717, 1.165) is 25.9 Å². The van der Waals surface area contributed by atoms with Crippen molar-refractivity contribution < 1.29 is 9.53 Å². The standard InChI is InChI=1S/C12H24N2O2/c1-4-7-14-8-5-11(6-9-14)13-12(15)10(2)16-3/h10-11H,4-9H2,1-3H3,(H,13,15). The van der Waals surface area contributed by atoms with E-state index in [1.54, 1.807) is 14.0 Å². The summed E-state index contributed by atoms with van der Waals surface area (Å²) in [4.78, 5) is 14.1. The van der Waals surface area contributed by atoms with Crippen LogP contribution in [0.4, 0.5) is 0 Å². The van der Waals surface area contributed by atoms with Crippen LogP contribution in [0.2, 0.25) is 0 Å². The average molecular weight is 228 g/mol. The molecule has 4 heteroatoms. The summed E-state index contributed by atoms with van der Waals surface area (Å²) < 4.78 is 4.99. The van der Waals surface area contributed by atoms with E-state index < -0.39 is 0 Å². The van der Waals surface area contributed by atoms with Gasteiger partial charge in [0.25, 0.3) is 0 Å². The van der Waals surface area contributed by atoms with E-state index in [1.807, 2.05) is 0 Å². The maximum Gasteiger partial charge on any atom is 0.249 e. The van der Waals surface area contributed by atoms with Gasteiger partial charge in [0.1, 0.15) is 6.10 Å². The second-order valence-corrected chi connectivity index (χ2v) is 4.50. The van der Waals surface area contributed by atoms with Crippen LogP contribution in [0.3, 0.4) is 0 Å². The Hall–Kier alpha value is -0.610. The maximum absolute atomic E-state index is 11.6. The molecule has 1 fully saturated rings. The Morgan fingerprint density at radius 2 is 2.12 bits per heavy atom. The van der Waals surface area contributed by atoms with Gasteiger partial charge in [-0.2, -0.15) is 0 Å². The molecule has 0 saturated carbocycles. The summed E-state index contributed by atoms with van der Waals surface area (Å²) in [6, 6.07) is 0.332. The summed E-state index contributed by atoms with van der Waals surface area (Å²) in [5.41, 5.74) is 0. The molecule has 16 heavy (non-hydrogen) atoms. The van der Waals surface area contributed by atoms with E-state index in [-0.39, 0.29) is 12.0 Å². The summed E-state index contributed by atoms with van der Waals surface area (Å²) >= 11 is 0. The zero-order valence-corrected chi connectivity index (χ0v) is 10.7. The second-order valence-electron chi connectivity index (χ2n) is 4.50. The molecule has 0 aliphatic carbocycles. The molecule has 0 radical (unpaired) electrons. The smallest absolute Gasteiger partial charge is 0.249 e. The molecule has 0 aromatic carbocycles. The first-order chi connectivity index (χ1) is 7.67. The van der Waals surface area contributed by atoms with Crippen molar-refractivity contribution >= 4 is 5.91 Å². The molecule has 0 bridgehead atoms. The lowest BCUT2D eigenvalue weighted by Gasteiger charge is -2.32. The summed E-state index contributed by atoms with van der Waals surface area (Å²) in [5, 5.41) is 3.04. The molecule has 0 aromatic heterocycles. The molecule has 1 N–H and O–H groups in total. The first-order valence-electron chi connectivity index (χ1n) is 6.23. The van der Waals surface area contributed by atoms with Crippen LogP contribution >= 0.6 is 0 Å². The van der Waals surface area contributed by atoms with Gasteiger partial charge in [-0.15, -0.1) is 0 Å². The van der Waals surface area contributed by atoms with E-state index in [9.17, 15) is 4.79 Å². The van der Waals surface area contributed by atoms with Crippen LogP contribution < -0.4 is 5.32 Å². The number of rotatable bonds is 5. The average Bonchev–Trinajstić information content (AvgIpc) is 2.31. The van der Waals surface area contributed by atoms with Crippen LogP contribution in [0, 0.1) is 0 Å². The third-order valence-electron chi connectivity index (χ3n) is 3.20. The van der Waals surface area contributed by atoms with Crippen molar-refractivity contribution in [2.24, 2.45) is 0 Å². The molecular weight excluding hydrogens is 204 g/mol. The van der Waals surface area contributed by atoms with E-state index >= 15 is 0 Å². The molecule has 1 aliphatic heterocycles. The molecule has 1 amide bonds. The van der Waals surface area contributed by atoms with Crippen LogP contribution in [0.25, 0.3) is 0 Å². The fourth-order valence-corrected chi connectivity index (χ4v) is 2.04. The number of methoxy groups -OCH3 is 1. The zero-order chi connectivity index (χ0) is 12.0. The van der Waals surface area contributed by atoms with E-state index in [2.05, 4.69) is 17.1 Å². The lowest BCUT2D eigenvalue weighted by atomic mass is 10.0. The highest BCUT2D eigenvalue weighted by atomic mass is 16.5. The fraction of sp³-hybridized carbons (Fsp3) is 0.917. The van der Waals surface area contributed by atoms with Crippen molar-refractivity contribution in [1.29, 1.82) is 0 Å². The normalized spacial score (nSPS) is 20.7. The molecular formula is C12H24N2O2. The third-order valence-corrected chi connectivity index (χ3v) is 3.20. The van der Waals surface area contributed by atoms with Gasteiger partial charge in [0.15, 0.2) is 0 Å². The quantitative estimate of drug-likeness (QED) is 0.763. The van der Waals surface area contributed by atoms with Gasteiger partial charge in [-0.05, 0) is 32.7 Å². The Bertz CT molecular complexity index is 213. The largest absolute Gasteiger partial charge is 0.372 e. The molecule has 1 atom stereocenters. The molecule has 1 saturated heterocycles. The minimum absolute atomic E-state index is 0.0106. The number of hydrogen-bond donors (Lipinski definition) is 1. The predicted molar refractivity (Wildman–Crippen MR) is 64.4 cm³/mol. The lowest BCUT2D eigenvalue weighted by molar-refractivity contribution is -0.131. The van der Waals surface area contributed by atoms with Gasteiger partial charge >= 0.3 is 0 Å². The minimum Gasteiger partial charge on any atom is -0.372 e. The van der Waals surface area contributed by atoms with Crippen molar-refractivity contribution in [3.05, 3.63) is 0 Å².